The number of aliphatic hydroxyl groups is 1. The molecule has 0 atom stereocenters. The second-order valence-electron chi connectivity index (χ2n) is 1.84. The number of hydrogen-bond acceptors (Lipinski definition) is 3. The molecule has 0 spiro atoms. The monoisotopic (exact) mass is 162 g/mol. The van der Waals surface area contributed by atoms with E-state index in [2.05, 4.69) is 10.8 Å². The highest BCUT2D eigenvalue weighted by molar-refractivity contribution is 8.22. The van der Waals surface area contributed by atoms with Gasteiger partial charge in [-0.3, -0.25) is 0 Å². The molecule has 0 fully saturated rings. The van der Waals surface area contributed by atoms with Crippen LogP contribution < -0.4 is 0 Å². The van der Waals surface area contributed by atoms with Crippen LogP contribution in [0.5, 0.6) is 0 Å². The van der Waals surface area contributed by atoms with Crippen LogP contribution in [-0.4, -0.2) is 16.3 Å². The van der Waals surface area contributed by atoms with Gasteiger partial charge >= 0.3 is 0 Å². The summed E-state index contributed by atoms with van der Waals surface area (Å²) in [6.07, 6.45) is 2.06. The maximum Gasteiger partial charge on any atom is 0.0586 e. The van der Waals surface area contributed by atoms with Crippen molar-refractivity contribution >= 4 is 23.5 Å². The van der Waals surface area contributed by atoms with Gasteiger partial charge in [-0.05, 0) is 23.7 Å². The molecule has 0 aromatic rings. The molecular weight excluding hydrogens is 152 g/mol. The van der Waals surface area contributed by atoms with Crippen molar-refractivity contribution in [2.45, 2.75) is 17.4 Å². The lowest BCUT2D eigenvalue weighted by molar-refractivity contribution is 0.286. The second kappa shape index (κ2) is 4.25. The largest absolute Gasteiger partial charge is 0.396 e. The maximum absolute atomic E-state index is 8.49. The predicted molar refractivity (Wildman–Crippen MR) is 44.4 cm³/mol. The predicted octanol–water partition coefficient (Wildman–Crippen LogP) is 2.04. The molecule has 1 rings (SSSR count). The van der Waals surface area contributed by atoms with Gasteiger partial charge in [0.2, 0.25) is 0 Å². The highest BCUT2D eigenvalue weighted by Crippen LogP contribution is 2.35. The average Bonchev–Trinajstić information content (AvgIpc) is 2.34. The maximum atomic E-state index is 8.49. The van der Waals surface area contributed by atoms with Crippen molar-refractivity contribution < 1.29 is 5.11 Å². The number of thioether (sulfide) groups is 2. The van der Waals surface area contributed by atoms with Crippen molar-refractivity contribution in [1.29, 1.82) is 0 Å². The highest BCUT2D eigenvalue weighted by Gasteiger charge is 2.09. The first kappa shape index (κ1) is 7.51. The van der Waals surface area contributed by atoms with E-state index in [4.69, 9.17) is 5.11 Å². The van der Waals surface area contributed by atoms with Gasteiger partial charge in [-0.15, -0.1) is 23.5 Å². The van der Waals surface area contributed by atoms with Crippen LogP contribution in [0.25, 0.3) is 0 Å². The van der Waals surface area contributed by atoms with Crippen molar-refractivity contribution in [3.63, 3.8) is 0 Å². The summed E-state index contributed by atoms with van der Waals surface area (Å²) in [5.41, 5.74) is 0. The zero-order chi connectivity index (χ0) is 6.53. The third kappa shape index (κ3) is 2.65. The zero-order valence-electron chi connectivity index (χ0n) is 5.12. The van der Waals surface area contributed by atoms with Crippen LogP contribution in [0.3, 0.4) is 0 Å². The first-order valence-corrected chi connectivity index (χ1v) is 4.89. The Kier molecular flexibility index (Phi) is 3.55. The van der Waals surface area contributed by atoms with Gasteiger partial charge in [0.15, 0.2) is 0 Å². The standard InChI is InChI=1S/C6H10OS2/c7-3-1-2-6-8-4-5-9-6/h4-7H,1-3H2. The Balaban J connectivity index is 2.01. The lowest BCUT2D eigenvalue weighted by atomic mass is 10.4. The van der Waals surface area contributed by atoms with Gasteiger partial charge in [0.05, 0.1) is 4.58 Å². The summed E-state index contributed by atoms with van der Waals surface area (Å²) in [7, 11) is 0. The fraction of sp³-hybridized carbons (Fsp3) is 0.667. The van der Waals surface area contributed by atoms with Crippen LogP contribution in [0.2, 0.25) is 0 Å². The fourth-order valence-electron chi connectivity index (χ4n) is 0.666. The Hall–Kier alpha value is 0.400. The lowest BCUT2D eigenvalue weighted by Crippen LogP contribution is -1.93. The summed E-state index contributed by atoms with van der Waals surface area (Å²) in [6.45, 7) is 0.331. The van der Waals surface area contributed by atoms with E-state index < -0.39 is 0 Å². The van der Waals surface area contributed by atoms with Crippen LogP contribution in [0.1, 0.15) is 12.8 Å². The van der Waals surface area contributed by atoms with Crippen LogP contribution in [-0.2, 0) is 0 Å². The van der Waals surface area contributed by atoms with E-state index in [-0.39, 0.29) is 0 Å². The molecule has 0 aliphatic carbocycles. The second-order valence-corrected chi connectivity index (χ2v) is 4.36. The molecule has 0 unspecified atom stereocenters. The molecule has 0 saturated heterocycles. The smallest absolute Gasteiger partial charge is 0.0586 e. The lowest BCUT2D eigenvalue weighted by Gasteiger charge is -2.03. The summed E-state index contributed by atoms with van der Waals surface area (Å²) in [5.74, 6) is 0. The molecule has 1 aliphatic rings. The molecule has 0 amide bonds. The Labute approximate surface area is 63.9 Å². The SMILES string of the molecule is OCCCC1SC=CS1. The normalized spacial score (nSPS) is 19.2. The average molecular weight is 162 g/mol. The van der Waals surface area contributed by atoms with Gasteiger partial charge in [-0.25, -0.2) is 0 Å². The molecular formula is C6H10OS2. The molecule has 3 heteroatoms. The van der Waals surface area contributed by atoms with Gasteiger partial charge in [0.25, 0.3) is 0 Å². The van der Waals surface area contributed by atoms with Crippen molar-refractivity contribution in [3.8, 4) is 0 Å². The number of aliphatic hydroxyl groups excluding tert-OH is 1. The summed E-state index contributed by atoms with van der Waals surface area (Å²) in [5, 5.41) is 12.7. The van der Waals surface area contributed by atoms with Gasteiger partial charge in [0, 0.05) is 6.61 Å². The van der Waals surface area contributed by atoms with Gasteiger partial charge in [0.1, 0.15) is 0 Å². The minimum atomic E-state index is 0.331. The van der Waals surface area contributed by atoms with E-state index >= 15 is 0 Å². The Morgan fingerprint density at radius 3 is 2.56 bits per heavy atom. The van der Waals surface area contributed by atoms with Crippen molar-refractivity contribution in [2.24, 2.45) is 0 Å². The molecule has 0 aromatic carbocycles. The molecule has 0 bridgehead atoms. The minimum absolute atomic E-state index is 0.331. The van der Waals surface area contributed by atoms with E-state index in [1.165, 1.54) is 0 Å². The van der Waals surface area contributed by atoms with Crippen molar-refractivity contribution in [3.05, 3.63) is 10.8 Å². The molecule has 0 radical (unpaired) electrons. The molecule has 1 N–H and O–H groups in total. The summed E-state index contributed by atoms with van der Waals surface area (Å²) >= 11 is 3.71. The Morgan fingerprint density at radius 1 is 1.33 bits per heavy atom. The fourth-order valence-corrected chi connectivity index (χ4v) is 2.78. The molecule has 9 heavy (non-hydrogen) atoms. The molecule has 52 valence electrons. The Morgan fingerprint density at radius 2 is 2.00 bits per heavy atom. The van der Waals surface area contributed by atoms with Crippen LogP contribution in [0.4, 0.5) is 0 Å². The first-order valence-electron chi connectivity index (χ1n) is 3.00. The highest BCUT2D eigenvalue weighted by atomic mass is 32.2. The van der Waals surface area contributed by atoms with E-state index in [1.54, 1.807) is 0 Å². The molecule has 1 aliphatic heterocycles. The van der Waals surface area contributed by atoms with E-state index in [0.717, 1.165) is 12.8 Å². The van der Waals surface area contributed by atoms with Crippen LogP contribution in [0.15, 0.2) is 10.8 Å². The summed E-state index contributed by atoms with van der Waals surface area (Å²) < 4.78 is 0.678. The van der Waals surface area contributed by atoms with Gasteiger partial charge in [-0.2, -0.15) is 0 Å². The molecule has 1 heterocycles. The quantitative estimate of drug-likeness (QED) is 0.685. The number of rotatable bonds is 3. The van der Waals surface area contributed by atoms with Crippen molar-refractivity contribution in [1.82, 2.24) is 0 Å². The molecule has 0 aromatic heterocycles. The minimum Gasteiger partial charge on any atom is -0.396 e. The zero-order valence-corrected chi connectivity index (χ0v) is 6.75. The van der Waals surface area contributed by atoms with Crippen LogP contribution >= 0.6 is 23.5 Å². The van der Waals surface area contributed by atoms with E-state index in [9.17, 15) is 0 Å². The Bertz CT molecular complexity index is 95.2. The summed E-state index contributed by atoms with van der Waals surface area (Å²) in [4.78, 5) is 0. The van der Waals surface area contributed by atoms with Gasteiger partial charge < -0.3 is 5.11 Å². The third-order valence-corrected chi connectivity index (χ3v) is 3.62. The van der Waals surface area contributed by atoms with E-state index in [1.807, 2.05) is 23.5 Å². The summed E-state index contributed by atoms with van der Waals surface area (Å²) in [6, 6.07) is 0. The molecule has 1 nitrogen and oxygen atoms in total. The molecule has 0 saturated carbocycles. The van der Waals surface area contributed by atoms with E-state index in [0.29, 0.717) is 11.2 Å². The van der Waals surface area contributed by atoms with Gasteiger partial charge in [-0.1, -0.05) is 0 Å². The third-order valence-electron chi connectivity index (χ3n) is 1.11. The van der Waals surface area contributed by atoms with Crippen LogP contribution in [0, 0.1) is 0 Å². The first-order chi connectivity index (χ1) is 4.43. The van der Waals surface area contributed by atoms with Crippen molar-refractivity contribution in [2.75, 3.05) is 6.61 Å². The number of hydrogen-bond donors (Lipinski definition) is 1. The topological polar surface area (TPSA) is 20.2 Å².